The summed E-state index contributed by atoms with van der Waals surface area (Å²) in [5.74, 6) is -0.980. The van der Waals surface area contributed by atoms with E-state index in [0.29, 0.717) is 6.54 Å². The molecule has 0 aromatic heterocycles. The molecule has 102 valence electrons. The van der Waals surface area contributed by atoms with E-state index in [1.807, 2.05) is 0 Å². The number of carboxylic acids is 1. The van der Waals surface area contributed by atoms with Gasteiger partial charge >= 0.3 is 5.97 Å². The molecule has 4 nitrogen and oxygen atoms in total. The molecule has 0 saturated carbocycles. The number of hydrogen-bond donors (Lipinski definition) is 3. The van der Waals surface area contributed by atoms with Crippen LogP contribution in [0.25, 0.3) is 0 Å². The van der Waals surface area contributed by atoms with Crippen molar-refractivity contribution in [2.45, 2.75) is 64.3 Å². The fourth-order valence-corrected chi connectivity index (χ4v) is 1.77. The minimum absolute atomic E-state index is 0.341. The third kappa shape index (κ3) is 10.3. The van der Waals surface area contributed by atoms with Crippen molar-refractivity contribution >= 4 is 5.97 Å². The molecule has 3 N–H and O–H groups in total. The minimum Gasteiger partial charge on any atom is -0.480 e. The lowest BCUT2D eigenvalue weighted by molar-refractivity contribution is -0.140. The van der Waals surface area contributed by atoms with Crippen molar-refractivity contribution in [3.05, 3.63) is 0 Å². The number of unbranched alkanes of at least 4 members (excludes halogenated alkanes) is 7. The lowest BCUT2D eigenvalue weighted by atomic mass is 10.1. The van der Waals surface area contributed by atoms with Crippen molar-refractivity contribution in [3.63, 3.8) is 0 Å². The highest BCUT2D eigenvalue weighted by atomic mass is 16.4. The molecule has 0 radical (unpaired) electrons. The molecule has 0 fully saturated rings. The first kappa shape index (κ1) is 16.4. The van der Waals surface area contributed by atoms with Gasteiger partial charge in [-0.15, -0.1) is 0 Å². The molecule has 0 aliphatic carbocycles. The van der Waals surface area contributed by atoms with Gasteiger partial charge in [0.15, 0.2) is 0 Å². The maximum atomic E-state index is 10.6. The monoisotopic (exact) mass is 245 g/mol. The van der Waals surface area contributed by atoms with Crippen molar-refractivity contribution in [2.75, 3.05) is 13.2 Å². The normalized spacial score (nSPS) is 12.6. The number of carboxylic acid groups (broad SMARTS) is 1. The Morgan fingerprint density at radius 2 is 1.59 bits per heavy atom. The Hall–Kier alpha value is -0.610. The van der Waals surface area contributed by atoms with E-state index in [9.17, 15) is 4.79 Å². The predicted molar refractivity (Wildman–Crippen MR) is 69.1 cm³/mol. The smallest absolute Gasteiger partial charge is 0.323 e. The van der Waals surface area contributed by atoms with Crippen molar-refractivity contribution in [3.8, 4) is 0 Å². The number of nitrogens with one attached hydrogen (secondary N) is 1. The third-order valence-electron chi connectivity index (χ3n) is 2.90. The summed E-state index contributed by atoms with van der Waals surface area (Å²) < 4.78 is 0. The SMILES string of the molecule is CCCCCCCCCCN[C@@H](CO)C(=O)O. The van der Waals surface area contributed by atoms with Gasteiger partial charge in [-0.1, -0.05) is 51.9 Å². The summed E-state index contributed by atoms with van der Waals surface area (Å²) in [5, 5.41) is 20.3. The molecule has 0 amide bonds. The molecule has 0 bridgehead atoms. The van der Waals surface area contributed by atoms with Gasteiger partial charge in [0.2, 0.25) is 0 Å². The molecule has 0 aliphatic heterocycles. The van der Waals surface area contributed by atoms with Crippen LogP contribution in [0.1, 0.15) is 58.3 Å². The Balaban J connectivity index is 3.20. The zero-order chi connectivity index (χ0) is 12.9. The average Bonchev–Trinajstić information content (AvgIpc) is 2.31. The minimum atomic E-state index is -0.980. The second-order valence-corrected chi connectivity index (χ2v) is 4.50. The highest BCUT2D eigenvalue weighted by molar-refractivity contribution is 5.73. The van der Waals surface area contributed by atoms with Crippen LogP contribution in [0.2, 0.25) is 0 Å². The Morgan fingerprint density at radius 3 is 2.06 bits per heavy atom. The molecule has 0 aromatic carbocycles. The molecule has 0 unspecified atom stereocenters. The van der Waals surface area contributed by atoms with E-state index >= 15 is 0 Å². The molecule has 4 heteroatoms. The van der Waals surface area contributed by atoms with Crippen LogP contribution in [0.3, 0.4) is 0 Å². The molecule has 0 aliphatic rings. The second-order valence-electron chi connectivity index (χ2n) is 4.50. The van der Waals surface area contributed by atoms with Crippen molar-refractivity contribution in [1.29, 1.82) is 0 Å². The largest absolute Gasteiger partial charge is 0.480 e. The standard InChI is InChI=1S/C13H27NO3/c1-2-3-4-5-6-7-8-9-10-14-12(11-15)13(16)17/h12,14-15H,2-11H2,1H3,(H,16,17)/t12-/m0/s1. The lowest BCUT2D eigenvalue weighted by Gasteiger charge is -2.10. The van der Waals surface area contributed by atoms with E-state index in [1.54, 1.807) is 0 Å². The first-order valence-electron chi connectivity index (χ1n) is 6.79. The zero-order valence-corrected chi connectivity index (χ0v) is 11.0. The molecule has 0 heterocycles. The van der Waals surface area contributed by atoms with E-state index < -0.39 is 12.0 Å². The topological polar surface area (TPSA) is 69.6 Å². The van der Waals surface area contributed by atoms with Crippen molar-refractivity contribution in [1.82, 2.24) is 5.32 Å². The molecule has 0 rings (SSSR count). The Labute approximate surface area is 104 Å². The fourth-order valence-electron chi connectivity index (χ4n) is 1.77. The summed E-state index contributed by atoms with van der Waals surface area (Å²) >= 11 is 0. The van der Waals surface area contributed by atoms with Crippen LogP contribution in [0.15, 0.2) is 0 Å². The van der Waals surface area contributed by atoms with Crippen LogP contribution >= 0.6 is 0 Å². The van der Waals surface area contributed by atoms with Gasteiger partial charge in [0.05, 0.1) is 6.61 Å². The van der Waals surface area contributed by atoms with Gasteiger partial charge in [0.1, 0.15) is 6.04 Å². The zero-order valence-electron chi connectivity index (χ0n) is 11.0. The summed E-state index contributed by atoms with van der Waals surface area (Å²) in [6.45, 7) is 2.55. The average molecular weight is 245 g/mol. The first-order valence-corrected chi connectivity index (χ1v) is 6.79. The van der Waals surface area contributed by atoms with Gasteiger partial charge in [-0.2, -0.15) is 0 Å². The van der Waals surface area contributed by atoms with Crippen LogP contribution in [-0.4, -0.2) is 35.4 Å². The van der Waals surface area contributed by atoms with E-state index in [0.717, 1.165) is 12.8 Å². The van der Waals surface area contributed by atoms with Crippen LogP contribution < -0.4 is 5.32 Å². The lowest BCUT2D eigenvalue weighted by Crippen LogP contribution is -2.40. The first-order chi connectivity index (χ1) is 8.22. The summed E-state index contributed by atoms with van der Waals surface area (Å²) in [7, 11) is 0. The number of aliphatic carboxylic acids is 1. The third-order valence-corrected chi connectivity index (χ3v) is 2.90. The Kier molecular flexibility index (Phi) is 11.4. The number of rotatable bonds is 12. The van der Waals surface area contributed by atoms with E-state index in [1.165, 1.54) is 38.5 Å². The summed E-state index contributed by atoms with van der Waals surface area (Å²) in [4.78, 5) is 10.6. The number of aliphatic hydroxyl groups excluding tert-OH is 1. The number of aliphatic hydroxyl groups is 1. The number of hydrogen-bond acceptors (Lipinski definition) is 3. The Bertz CT molecular complexity index is 186. The van der Waals surface area contributed by atoms with E-state index in [2.05, 4.69) is 12.2 Å². The maximum Gasteiger partial charge on any atom is 0.323 e. The van der Waals surface area contributed by atoms with Gasteiger partial charge in [0.25, 0.3) is 0 Å². The molecule has 17 heavy (non-hydrogen) atoms. The highest BCUT2D eigenvalue weighted by Crippen LogP contribution is 2.07. The van der Waals surface area contributed by atoms with Crippen LogP contribution in [-0.2, 0) is 4.79 Å². The summed E-state index contributed by atoms with van der Waals surface area (Å²) in [6.07, 6.45) is 9.88. The number of carbonyl (C=O) groups is 1. The molecule has 1 atom stereocenters. The van der Waals surface area contributed by atoms with Gasteiger partial charge < -0.3 is 15.5 Å². The maximum absolute atomic E-state index is 10.6. The van der Waals surface area contributed by atoms with Crippen molar-refractivity contribution < 1.29 is 15.0 Å². The summed E-state index contributed by atoms with van der Waals surface area (Å²) in [6, 6.07) is -0.806. The molecular weight excluding hydrogens is 218 g/mol. The highest BCUT2D eigenvalue weighted by Gasteiger charge is 2.13. The van der Waals surface area contributed by atoms with Gasteiger partial charge in [0, 0.05) is 0 Å². The molecule has 0 aromatic rings. The fraction of sp³-hybridized carbons (Fsp3) is 0.923. The molecule has 0 saturated heterocycles. The van der Waals surface area contributed by atoms with Crippen LogP contribution in [0, 0.1) is 0 Å². The van der Waals surface area contributed by atoms with Gasteiger partial charge in [-0.25, -0.2) is 0 Å². The van der Waals surface area contributed by atoms with Gasteiger partial charge in [-0.05, 0) is 13.0 Å². The molecule has 0 spiro atoms. The van der Waals surface area contributed by atoms with E-state index in [-0.39, 0.29) is 6.61 Å². The summed E-state index contributed by atoms with van der Waals surface area (Å²) in [5.41, 5.74) is 0. The second kappa shape index (κ2) is 11.9. The van der Waals surface area contributed by atoms with Crippen molar-refractivity contribution in [2.24, 2.45) is 0 Å². The Morgan fingerprint density at radius 1 is 1.06 bits per heavy atom. The van der Waals surface area contributed by atoms with Crippen LogP contribution in [0.4, 0.5) is 0 Å². The van der Waals surface area contributed by atoms with E-state index in [4.69, 9.17) is 10.2 Å². The van der Waals surface area contributed by atoms with Crippen LogP contribution in [0.5, 0.6) is 0 Å². The predicted octanol–water partition coefficient (Wildman–Crippen LogP) is 2.16. The molecular formula is C13H27NO3. The quantitative estimate of drug-likeness (QED) is 0.461. The van der Waals surface area contributed by atoms with Gasteiger partial charge in [-0.3, -0.25) is 4.79 Å².